The molecule has 0 saturated carbocycles. The molecule has 2 nitrogen and oxygen atoms in total. The third-order valence-corrected chi connectivity index (χ3v) is 3.61. The molecule has 0 saturated heterocycles. The van der Waals surface area contributed by atoms with Crippen molar-refractivity contribution in [3.63, 3.8) is 0 Å². The molecule has 0 amide bonds. The maximum absolute atomic E-state index is 6.44. The van der Waals surface area contributed by atoms with E-state index in [1.54, 1.807) is 0 Å². The van der Waals surface area contributed by atoms with E-state index in [1.807, 2.05) is 7.05 Å². The van der Waals surface area contributed by atoms with Crippen LogP contribution in [0.1, 0.15) is 33.9 Å². The van der Waals surface area contributed by atoms with Gasteiger partial charge in [-0.15, -0.1) is 0 Å². The first-order chi connectivity index (χ1) is 9.02. The second-order valence-electron chi connectivity index (χ2n) is 5.16. The van der Waals surface area contributed by atoms with Crippen molar-refractivity contribution in [3.05, 3.63) is 64.2 Å². The standard InChI is InChI=1S/C17H22N2/c1-11-9-12(2)16(13(3)10-11)17(18)14-5-7-15(19-4)8-6-14/h5-10,17,19H,18H2,1-4H3. The monoisotopic (exact) mass is 254 g/mol. The van der Waals surface area contributed by atoms with Gasteiger partial charge in [-0.3, -0.25) is 0 Å². The number of anilines is 1. The molecule has 0 aliphatic heterocycles. The number of rotatable bonds is 3. The average Bonchev–Trinajstić information content (AvgIpc) is 2.37. The van der Waals surface area contributed by atoms with Gasteiger partial charge in [-0.1, -0.05) is 29.8 Å². The molecule has 19 heavy (non-hydrogen) atoms. The zero-order valence-corrected chi connectivity index (χ0v) is 12.1. The Hall–Kier alpha value is -1.80. The lowest BCUT2D eigenvalue weighted by Crippen LogP contribution is -2.15. The van der Waals surface area contributed by atoms with E-state index in [2.05, 4.69) is 62.5 Å². The smallest absolute Gasteiger partial charge is 0.0556 e. The lowest BCUT2D eigenvalue weighted by atomic mass is 9.90. The van der Waals surface area contributed by atoms with E-state index in [0.29, 0.717) is 0 Å². The molecule has 0 aliphatic carbocycles. The molecule has 3 N–H and O–H groups in total. The molecule has 0 aromatic heterocycles. The van der Waals surface area contributed by atoms with Crippen LogP contribution in [-0.4, -0.2) is 7.05 Å². The molecule has 2 aromatic rings. The molecule has 0 fully saturated rings. The van der Waals surface area contributed by atoms with Crippen molar-refractivity contribution in [2.75, 3.05) is 12.4 Å². The number of aryl methyl sites for hydroxylation is 3. The van der Waals surface area contributed by atoms with Crippen LogP contribution < -0.4 is 11.1 Å². The van der Waals surface area contributed by atoms with Crippen LogP contribution in [0, 0.1) is 20.8 Å². The first-order valence-electron chi connectivity index (χ1n) is 6.64. The van der Waals surface area contributed by atoms with E-state index in [9.17, 15) is 0 Å². The van der Waals surface area contributed by atoms with Crippen LogP contribution in [0.5, 0.6) is 0 Å². The second kappa shape index (κ2) is 5.45. The number of nitrogens with two attached hydrogens (primary N) is 1. The lowest BCUT2D eigenvalue weighted by Gasteiger charge is -2.19. The van der Waals surface area contributed by atoms with Gasteiger partial charge in [0.2, 0.25) is 0 Å². The second-order valence-corrected chi connectivity index (χ2v) is 5.16. The molecule has 0 aliphatic rings. The molecule has 1 unspecified atom stereocenters. The Morgan fingerprint density at radius 3 is 1.95 bits per heavy atom. The highest BCUT2D eigenvalue weighted by molar-refractivity contribution is 5.48. The van der Waals surface area contributed by atoms with Crippen molar-refractivity contribution >= 4 is 5.69 Å². The van der Waals surface area contributed by atoms with Gasteiger partial charge in [0.05, 0.1) is 6.04 Å². The van der Waals surface area contributed by atoms with Gasteiger partial charge in [-0.05, 0) is 55.2 Å². The molecular formula is C17H22N2. The predicted molar refractivity (Wildman–Crippen MR) is 82.7 cm³/mol. The summed E-state index contributed by atoms with van der Waals surface area (Å²) in [6, 6.07) is 12.6. The fourth-order valence-electron chi connectivity index (χ4n) is 2.71. The summed E-state index contributed by atoms with van der Waals surface area (Å²) < 4.78 is 0. The van der Waals surface area contributed by atoms with Gasteiger partial charge in [-0.25, -0.2) is 0 Å². The van der Waals surface area contributed by atoms with E-state index in [4.69, 9.17) is 5.73 Å². The summed E-state index contributed by atoms with van der Waals surface area (Å²) in [5.41, 5.74) is 13.8. The molecule has 2 heteroatoms. The summed E-state index contributed by atoms with van der Waals surface area (Å²) in [4.78, 5) is 0. The van der Waals surface area contributed by atoms with Crippen LogP contribution in [-0.2, 0) is 0 Å². The van der Waals surface area contributed by atoms with Crippen molar-refractivity contribution in [2.45, 2.75) is 26.8 Å². The summed E-state index contributed by atoms with van der Waals surface area (Å²) in [6.45, 7) is 6.39. The first kappa shape index (κ1) is 13.6. The van der Waals surface area contributed by atoms with E-state index in [0.717, 1.165) is 11.3 Å². The van der Waals surface area contributed by atoms with Crippen LogP contribution in [0.4, 0.5) is 5.69 Å². The number of hydrogen-bond acceptors (Lipinski definition) is 2. The molecule has 0 bridgehead atoms. The van der Waals surface area contributed by atoms with Crippen molar-refractivity contribution in [3.8, 4) is 0 Å². The van der Waals surface area contributed by atoms with E-state index in [1.165, 1.54) is 22.3 Å². The number of nitrogens with one attached hydrogen (secondary N) is 1. The third kappa shape index (κ3) is 2.79. The minimum atomic E-state index is -0.0634. The molecule has 2 rings (SSSR count). The summed E-state index contributed by atoms with van der Waals surface area (Å²) in [6.07, 6.45) is 0. The normalized spacial score (nSPS) is 12.3. The summed E-state index contributed by atoms with van der Waals surface area (Å²) >= 11 is 0. The lowest BCUT2D eigenvalue weighted by molar-refractivity contribution is 0.850. The average molecular weight is 254 g/mol. The molecule has 0 spiro atoms. The van der Waals surface area contributed by atoms with Crippen LogP contribution in [0.3, 0.4) is 0 Å². The molecular weight excluding hydrogens is 232 g/mol. The minimum Gasteiger partial charge on any atom is -0.388 e. The Kier molecular flexibility index (Phi) is 3.91. The van der Waals surface area contributed by atoms with Crippen molar-refractivity contribution in [2.24, 2.45) is 5.73 Å². The maximum atomic E-state index is 6.44. The van der Waals surface area contributed by atoms with Gasteiger partial charge in [0.25, 0.3) is 0 Å². The highest BCUT2D eigenvalue weighted by Crippen LogP contribution is 2.27. The Labute approximate surface area is 115 Å². The van der Waals surface area contributed by atoms with Gasteiger partial charge < -0.3 is 11.1 Å². The predicted octanol–water partition coefficient (Wildman–Crippen LogP) is 3.70. The Morgan fingerprint density at radius 2 is 1.47 bits per heavy atom. The highest BCUT2D eigenvalue weighted by Gasteiger charge is 2.14. The topological polar surface area (TPSA) is 38.0 Å². The molecule has 1 atom stereocenters. The van der Waals surface area contributed by atoms with Gasteiger partial charge in [0.1, 0.15) is 0 Å². The summed E-state index contributed by atoms with van der Waals surface area (Å²) in [5, 5.41) is 3.12. The van der Waals surface area contributed by atoms with Gasteiger partial charge in [-0.2, -0.15) is 0 Å². The highest BCUT2D eigenvalue weighted by atomic mass is 14.8. The number of benzene rings is 2. The first-order valence-corrected chi connectivity index (χ1v) is 6.64. The van der Waals surface area contributed by atoms with Crippen LogP contribution in [0.2, 0.25) is 0 Å². The van der Waals surface area contributed by atoms with Gasteiger partial charge in [0, 0.05) is 12.7 Å². The number of hydrogen-bond donors (Lipinski definition) is 2. The van der Waals surface area contributed by atoms with Crippen LogP contribution >= 0.6 is 0 Å². The van der Waals surface area contributed by atoms with E-state index in [-0.39, 0.29) is 6.04 Å². The van der Waals surface area contributed by atoms with Crippen LogP contribution in [0.15, 0.2) is 36.4 Å². The van der Waals surface area contributed by atoms with Gasteiger partial charge >= 0.3 is 0 Å². The van der Waals surface area contributed by atoms with Crippen molar-refractivity contribution in [1.29, 1.82) is 0 Å². The van der Waals surface area contributed by atoms with Crippen molar-refractivity contribution in [1.82, 2.24) is 0 Å². The Morgan fingerprint density at radius 1 is 0.947 bits per heavy atom. The largest absolute Gasteiger partial charge is 0.388 e. The summed E-state index contributed by atoms with van der Waals surface area (Å²) in [5.74, 6) is 0. The Balaban J connectivity index is 2.40. The molecule has 2 aromatic carbocycles. The minimum absolute atomic E-state index is 0.0634. The Bertz CT molecular complexity index is 547. The molecule has 0 heterocycles. The van der Waals surface area contributed by atoms with E-state index >= 15 is 0 Å². The summed E-state index contributed by atoms with van der Waals surface area (Å²) in [7, 11) is 1.92. The fourth-order valence-corrected chi connectivity index (χ4v) is 2.71. The third-order valence-electron chi connectivity index (χ3n) is 3.61. The van der Waals surface area contributed by atoms with Gasteiger partial charge in [0.15, 0.2) is 0 Å². The van der Waals surface area contributed by atoms with Crippen LogP contribution in [0.25, 0.3) is 0 Å². The fraction of sp³-hybridized carbons (Fsp3) is 0.294. The van der Waals surface area contributed by atoms with Crippen molar-refractivity contribution < 1.29 is 0 Å². The quantitative estimate of drug-likeness (QED) is 0.876. The zero-order valence-electron chi connectivity index (χ0n) is 12.1. The maximum Gasteiger partial charge on any atom is 0.0556 e. The molecule has 100 valence electrons. The SMILES string of the molecule is CNc1ccc(C(N)c2c(C)cc(C)cc2C)cc1. The molecule has 0 radical (unpaired) electrons. The van der Waals surface area contributed by atoms with E-state index < -0.39 is 0 Å². The zero-order chi connectivity index (χ0) is 14.0.